The van der Waals surface area contributed by atoms with Crippen molar-refractivity contribution in [1.82, 2.24) is 18.8 Å². The summed E-state index contributed by atoms with van der Waals surface area (Å²) < 4.78 is 33.6. The van der Waals surface area contributed by atoms with E-state index in [2.05, 4.69) is 9.72 Å². The molecule has 1 aromatic carbocycles. The number of esters is 1. The SMILES string of the molecule is COC(=O)CN1Cc2c(C(=O)N3CC=CC3)ncn2-c2ccccc2S1(=O)=O. The number of carbonyl (C=O) groups excluding carboxylic acids is 2. The molecule has 0 bridgehead atoms. The molecule has 0 unspecified atom stereocenters. The summed E-state index contributed by atoms with van der Waals surface area (Å²) in [6.07, 6.45) is 5.22. The van der Waals surface area contributed by atoms with Crippen LogP contribution < -0.4 is 0 Å². The lowest BCUT2D eigenvalue weighted by atomic mass is 10.2. The van der Waals surface area contributed by atoms with Crippen molar-refractivity contribution >= 4 is 21.9 Å². The zero-order valence-electron chi connectivity index (χ0n) is 15.1. The fraction of sp³-hybridized carbons (Fsp3) is 0.278. The van der Waals surface area contributed by atoms with Crippen LogP contribution in [0.4, 0.5) is 0 Å². The van der Waals surface area contributed by atoms with Crippen LogP contribution in [-0.4, -0.2) is 65.8 Å². The van der Waals surface area contributed by atoms with Gasteiger partial charge in [-0.15, -0.1) is 0 Å². The van der Waals surface area contributed by atoms with Crippen LogP contribution in [0.1, 0.15) is 16.2 Å². The molecule has 0 saturated carbocycles. The first-order valence-electron chi connectivity index (χ1n) is 8.60. The summed E-state index contributed by atoms with van der Waals surface area (Å²) in [6.45, 7) is 0.323. The van der Waals surface area contributed by atoms with Crippen LogP contribution in [0, 0.1) is 0 Å². The molecule has 0 atom stereocenters. The molecular formula is C18H18N4O5S. The molecule has 0 radical (unpaired) electrons. The Hall–Kier alpha value is -2.98. The van der Waals surface area contributed by atoms with Gasteiger partial charge in [0.1, 0.15) is 17.8 Å². The van der Waals surface area contributed by atoms with E-state index in [1.165, 1.54) is 19.5 Å². The number of carbonyl (C=O) groups is 2. The fourth-order valence-electron chi connectivity index (χ4n) is 3.32. The number of imidazole rings is 1. The average molecular weight is 402 g/mol. The Morgan fingerprint density at radius 3 is 2.61 bits per heavy atom. The third-order valence-electron chi connectivity index (χ3n) is 4.78. The number of fused-ring (bicyclic) bond motifs is 3. The molecule has 28 heavy (non-hydrogen) atoms. The summed E-state index contributed by atoms with van der Waals surface area (Å²) in [5, 5.41) is 0. The van der Waals surface area contributed by atoms with Crippen LogP contribution in [0.5, 0.6) is 0 Å². The predicted molar refractivity (Wildman–Crippen MR) is 98.2 cm³/mol. The van der Waals surface area contributed by atoms with E-state index in [0.29, 0.717) is 24.5 Å². The van der Waals surface area contributed by atoms with Crippen molar-refractivity contribution in [2.45, 2.75) is 11.4 Å². The Kier molecular flexibility index (Phi) is 4.52. The minimum atomic E-state index is -3.98. The van der Waals surface area contributed by atoms with Crippen molar-refractivity contribution in [2.24, 2.45) is 0 Å². The summed E-state index contributed by atoms with van der Waals surface area (Å²) >= 11 is 0. The van der Waals surface area contributed by atoms with Gasteiger partial charge < -0.3 is 9.64 Å². The van der Waals surface area contributed by atoms with E-state index in [0.717, 1.165) is 4.31 Å². The molecule has 2 aliphatic heterocycles. The van der Waals surface area contributed by atoms with Gasteiger partial charge in [0.05, 0.1) is 25.0 Å². The molecule has 3 heterocycles. The van der Waals surface area contributed by atoms with Gasteiger partial charge in [-0.05, 0) is 12.1 Å². The number of para-hydroxylation sites is 1. The molecule has 0 aliphatic carbocycles. The maximum absolute atomic E-state index is 13.2. The molecule has 0 spiro atoms. The predicted octanol–water partition coefficient (Wildman–Crippen LogP) is 0.562. The van der Waals surface area contributed by atoms with Gasteiger partial charge in [-0.1, -0.05) is 24.3 Å². The number of aromatic nitrogens is 2. The van der Waals surface area contributed by atoms with Gasteiger partial charge in [0.15, 0.2) is 5.69 Å². The first kappa shape index (κ1) is 18.4. The summed E-state index contributed by atoms with van der Waals surface area (Å²) in [4.78, 5) is 30.7. The fourth-order valence-corrected chi connectivity index (χ4v) is 4.85. The van der Waals surface area contributed by atoms with Crippen molar-refractivity contribution < 1.29 is 22.7 Å². The van der Waals surface area contributed by atoms with Crippen LogP contribution in [0.15, 0.2) is 47.6 Å². The highest BCUT2D eigenvalue weighted by atomic mass is 32.2. The minimum Gasteiger partial charge on any atom is -0.468 e. The van der Waals surface area contributed by atoms with Gasteiger partial charge in [0, 0.05) is 13.1 Å². The van der Waals surface area contributed by atoms with E-state index in [1.807, 2.05) is 12.2 Å². The number of benzene rings is 1. The first-order valence-corrected chi connectivity index (χ1v) is 10.0. The zero-order chi connectivity index (χ0) is 19.9. The number of nitrogens with zero attached hydrogens (tertiary/aromatic N) is 4. The molecule has 10 heteroatoms. The summed E-state index contributed by atoms with van der Waals surface area (Å²) in [7, 11) is -2.78. The van der Waals surface area contributed by atoms with Gasteiger partial charge in [-0.3, -0.25) is 14.2 Å². The van der Waals surface area contributed by atoms with E-state index in [4.69, 9.17) is 0 Å². The second-order valence-corrected chi connectivity index (χ2v) is 8.31. The molecule has 0 saturated heterocycles. The van der Waals surface area contributed by atoms with Crippen molar-refractivity contribution in [1.29, 1.82) is 0 Å². The summed E-state index contributed by atoms with van der Waals surface area (Å²) in [6, 6.07) is 6.43. The highest BCUT2D eigenvalue weighted by molar-refractivity contribution is 7.89. The molecule has 1 amide bonds. The quantitative estimate of drug-likeness (QED) is 0.549. The second kappa shape index (κ2) is 6.88. The number of sulfonamides is 1. The topological polar surface area (TPSA) is 102 Å². The van der Waals surface area contributed by atoms with Gasteiger partial charge in [-0.2, -0.15) is 4.31 Å². The highest BCUT2D eigenvalue weighted by Crippen LogP contribution is 2.31. The number of rotatable bonds is 3. The van der Waals surface area contributed by atoms with Crippen molar-refractivity contribution in [3.63, 3.8) is 0 Å². The van der Waals surface area contributed by atoms with Gasteiger partial charge in [-0.25, -0.2) is 13.4 Å². The Morgan fingerprint density at radius 1 is 1.18 bits per heavy atom. The third kappa shape index (κ3) is 2.90. The van der Waals surface area contributed by atoms with Crippen LogP contribution in [0.3, 0.4) is 0 Å². The van der Waals surface area contributed by atoms with Crippen molar-refractivity contribution in [3.8, 4) is 5.69 Å². The Balaban J connectivity index is 1.86. The van der Waals surface area contributed by atoms with Crippen LogP contribution in [0.2, 0.25) is 0 Å². The van der Waals surface area contributed by atoms with E-state index in [9.17, 15) is 18.0 Å². The molecular weight excluding hydrogens is 384 g/mol. The molecule has 2 aliphatic rings. The van der Waals surface area contributed by atoms with Crippen LogP contribution in [0.25, 0.3) is 5.69 Å². The molecule has 9 nitrogen and oxygen atoms in total. The smallest absolute Gasteiger partial charge is 0.321 e. The third-order valence-corrected chi connectivity index (χ3v) is 6.62. The second-order valence-electron chi connectivity index (χ2n) is 6.41. The lowest BCUT2D eigenvalue weighted by molar-refractivity contribution is -0.140. The Labute approximate surface area is 161 Å². The minimum absolute atomic E-state index is 0.0388. The Morgan fingerprint density at radius 2 is 1.89 bits per heavy atom. The molecule has 146 valence electrons. The monoisotopic (exact) mass is 402 g/mol. The molecule has 4 rings (SSSR count). The van der Waals surface area contributed by atoms with Crippen LogP contribution >= 0.6 is 0 Å². The largest absolute Gasteiger partial charge is 0.468 e. The number of ether oxygens (including phenoxy) is 1. The maximum Gasteiger partial charge on any atom is 0.321 e. The van der Waals surface area contributed by atoms with Crippen LogP contribution in [-0.2, 0) is 26.1 Å². The average Bonchev–Trinajstić information content (AvgIpc) is 3.35. The van der Waals surface area contributed by atoms with E-state index >= 15 is 0 Å². The van der Waals surface area contributed by atoms with E-state index in [1.54, 1.807) is 27.7 Å². The first-order chi connectivity index (χ1) is 13.4. The standard InChI is InChI=1S/C18H18N4O5S/c1-27-16(23)11-21-10-14-17(18(24)20-8-4-5-9-20)19-12-22(14)13-6-2-3-7-15(13)28(21,25)26/h2-7,12H,8-11H2,1H3. The number of hydrogen-bond acceptors (Lipinski definition) is 6. The lowest BCUT2D eigenvalue weighted by Gasteiger charge is -2.20. The number of methoxy groups -OCH3 is 1. The lowest BCUT2D eigenvalue weighted by Crippen LogP contribution is -2.36. The van der Waals surface area contributed by atoms with Gasteiger partial charge in [0.25, 0.3) is 5.91 Å². The van der Waals surface area contributed by atoms with Crippen molar-refractivity contribution in [3.05, 3.63) is 54.1 Å². The zero-order valence-corrected chi connectivity index (χ0v) is 15.9. The normalized spacial score (nSPS) is 17.7. The molecule has 1 aromatic heterocycles. The number of hydrogen-bond donors (Lipinski definition) is 0. The molecule has 0 N–H and O–H groups in total. The number of amides is 1. The van der Waals surface area contributed by atoms with E-state index in [-0.39, 0.29) is 23.0 Å². The summed E-state index contributed by atoms with van der Waals surface area (Å²) in [5.41, 5.74) is 0.968. The summed E-state index contributed by atoms with van der Waals surface area (Å²) in [5.74, 6) is -0.973. The van der Waals surface area contributed by atoms with Crippen molar-refractivity contribution in [2.75, 3.05) is 26.7 Å². The Bertz CT molecular complexity index is 1080. The highest BCUT2D eigenvalue weighted by Gasteiger charge is 2.36. The maximum atomic E-state index is 13.2. The van der Waals surface area contributed by atoms with E-state index < -0.39 is 22.5 Å². The molecule has 0 fully saturated rings. The van der Waals surface area contributed by atoms with Gasteiger partial charge >= 0.3 is 5.97 Å². The van der Waals surface area contributed by atoms with Gasteiger partial charge in [0.2, 0.25) is 10.0 Å². The molecule has 2 aromatic rings.